The summed E-state index contributed by atoms with van der Waals surface area (Å²) in [4.78, 5) is 55.4. The molecule has 0 aliphatic carbocycles. The van der Waals surface area contributed by atoms with Crippen molar-refractivity contribution in [2.75, 3.05) is 5.32 Å². The molecule has 2 aromatic carbocycles. The summed E-state index contributed by atoms with van der Waals surface area (Å²) in [5.74, 6) is -2.30. The lowest BCUT2D eigenvalue weighted by Crippen LogP contribution is -2.41. The van der Waals surface area contributed by atoms with Crippen molar-refractivity contribution in [3.05, 3.63) is 94.3 Å². The van der Waals surface area contributed by atoms with E-state index < -0.39 is 34.8 Å². The van der Waals surface area contributed by atoms with E-state index in [4.69, 9.17) is 5.11 Å². The van der Waals surface area contributed by atoms with Crippen LogP contribution in [-0.2, 0) is 4.79 Å². The molecular weight excluding hydrogens is 436 g/mol. The molecule has 34 heavy (non-hydrogen) atoms. The maximum absolute atomic E-state index is 12.6. The fraction of sp³-hybridized carbons (Fsp3) is 0.0800. The topological polar surface area (TPSA) is 141 Å². The molecule has 0 saturated heterocycles. The minimum absolute atomic E-state index is 0.0545. The van der Waals surface area contributed by atoms with Crippen LogP contribution in [0, 0.1) is 0 Å². The lowest BCUT2D eigenvalue weighted by Gasteiger charge is -2.14. The molecule has 170 valence electrons. The van der Waals surface area contributed by atoms with E-state index in [9.17, 15) is 19.2 Å². The smallest absolute Gasteiger partial charge is 0.341 e. The van der Waals surface area contributed by atoms with Crippen LogP contribution in [0.25, 0.3) is 22.2 Å². The molecule has 0 radical (unpaired) electrons. The Balaban J connectivity index is 1.44. The predicted molar refractivity (Wildman–Crippen MR) is 127 cm³/mol. The van der Waals surface area contributed by atoms with Gasteiger partial charge in [0.1, 0.15) is 22.9 Å². The number of nitrogens with zero attached hydrogens (tertiary/aromatic N) is 1. The van der Waals surface area contributed by atoms with Crippen molar-refractivity contribution in [2.45, 2.75) is 13.0 Å². The van der Waals surface area contributed by atoms with Gasteiger partial charge in [0.2, 0.25) is 11.3 Å². The molecule has 4 rings (SSSR count). The van der Waals surface area contributed by atoms with Crippen molar-refractivity contribution >= 4 is 34.6 Å². The number of amides is 2. The highest BCUT2D eigenvalue weighted by molar-refractivity contribution is 6.01. The molecule has 9 nitrogen and oxygen atoms in total. The Hall–Kier alpha value is -4.79. The van der Waals surface area contributed by atoms with E-state index in [-0.39, 0.29) is 11.3 Å². The Kier molecular flexibility index (Phi) is 6.18. The number of H-pyrrole nitrogens is 1. The van der Waals surface area contributed by atoms with Crippen LogP contribution < -0.4 is 16.1 Å². The number of benzene rings is 2. The number of fused-ring (bicyclic) bond motifs is 1. The summed E-state index contributed by atoms with van der Waals surface area (Å²) >= 11 is 0. The second kappa shape index (κ2) is 9.37. The summed E-state index contributed by atoms with van der Waals surface area (Å²) in [5.41, 5.74) is 1.38. The van der Waals surface area contributed by atoms with Gasteiger partial charge in [-0.1, -0.05) is 42.5 Å². The van der Waals surface area contributed by atoms with Crippen LogP contribution in [0.3, 0.4) is 0 Å². The first kappa shape index (κ1) is 22.4. The molecule has 0 bridgehead atoms. The van der Waals surface area contributed by atoms with Gasteiger partial charge in [0.25, 0.3) is 5.91 Å². The summed E-state index contributed by atoms with van der Waals surface area (Å²) in [7, 11) is 0. The molecule has 1 atom stereocenters. The molecule has 0 spiro atoms. The molecule has 0 saturated carbocycles. The van der Waals surface area contributed by atoms with Gasteiger partial charge in [-0.2, -0.15) is 0 Å². The molecule has 2 amide bonds. The van der Waals surface area contributed by atoms with Crippen molar-refractivity contribution in [1.82, 2.24) is 15.3 Å². The summed E-state index contributed by atoms with van der Waals surface area (Å²) in [6, 6.07) is 18.8. The van der Waals surface area contributed by atoms with Gasteiger partial charge >= 0.3 is 5.97 Å². The number of hydrogen-bond donors (Lipinski definition) is 4. The molecule has 0 aliphatic heterocycles. The maximum atomic E-state index is 12.6. The Labute approximate surface area is 193 Å². The standard InChI is InChI=1S/C25H20N4O5/c1-14(27-24(32)17-9-7-16(8-10-17)15-5-3-2-4-6-15)23(31)29-20-12-11-19-21(28-20)22(30)18(13-26-19)25(33)34/h2-14H,1H3,(H,26,30)(H,27,32)(H,33,34)(H,28,29,31)/t14-/m0/s1. The van der Waals surface area contributed by atoms with E-state index in [0.29, 0.717) is 11.1 Å². The number of carboxylic acid groups (broad SMARTS) is 1. The Morgan fingerprint density at radius 1 is 0.941 bits per heavy atom. The van der Waals surface area contributed by atoms with Gasteiger partial charge in [0.15, 0.2) is 0 Å². The first-order valence-electron chi connectivity index (χ1n) is 10.4. The first-order chi connectivity index (χ1) is 16.3. The molecule has 0 aliphatic rings. The number of nitrogens with one attached hydrogen (secondary N) is 3. The molecule has 4 N–H and O–H groups in total. The van der Waals surface area contributed by atoms with E-state index >= 15 is 0 Å². The van der Waals surface area contributed by atoms with Crippen LogP contribution in [0.4, 0.5) is 5.82 Å². The van der Waals surface area contributed by atoms with E-state index in [0.717, 1.165) is 17.3 Å². The fourth-order valence-electron chi connectivity index (χ4n) is 3.34. The molecular formula is C25H20N4O5. The molecule has 0 unspecified atom stereocenters. The third-order valence-corrected chi connectivity index (χ3v) is 5.20. The van der Waals surface area contributed by atoms with E-state index in [1.54, 1.807) is 12.1 Å². The van der Waals surface area contributed by atoms with Crippen molar-refractivity contribution in [3.8, 4) is 11.1 Å². The maximum Gasteiger partial charge on any atom is 0.341 e. The third-order valence-electron chi connectivity index (χ3n) is 5.20. The zero-order chi connectivity index (χ0) is 24.2. The number of carbonyl (C=O) groups excluding carboxylic acids is 2. The molecule has 2 heterocycles. The number of hydrogen-bond acceptors (Lipinski definition) is 5. The number of carbonyl (C=O) groups is 3. The van der Waals surface area contributed by atoms with Gasteiger partial charge < -0.3 is 20.7 Å². The minimum Gasteiger partial charge on any atom is -0.477 e. The third kappa shape index (κ3) is 4.68. The molecule has 9 heteroatoms. The van der Waals surface area contributed by atoms with Crippen LogP contribution >= 0.6 is 0 Å². The van der Waals surface area contributed by atoms with Gasteiger partial charge in [-0.3, -0.25) is 14.4 Å². The van der Waals surface area contributed by atoms with Crippen LogP contribution in [-0.4, -0.2) is 38.9 Å². The van der Waals surface area contributed by atoms with Crippen molar-refractivity contribution < 1.29 is 19.5 Å². The molecule has 4 aromatic rings. The quantitative estimate of drug-likeness (QED) is 0.351. The number of carboxylic acids is 1. The second-order valence-electron chi connectivity index (χ2n) is 7.56. The highest BCUT2D eigenvalue weighted by atomic mass is 16.4. The molecule has 2 aromatic heterocycles. The van der Waals surface area contributed by atoms with E-state index in [2.05, 4.69) is 20.6 Å². The van der Waals surface area contributed by atoms with Crippen LogP contribution in [0.5, 0.6) is 0 Å². The van der Waals surface area contributed by atoms with Crippen molar-refractivity contribution in [1.29, 1.82) is 0 Å². The number of pyridine rings is 2. The van der Waals surface area contributed by atoms with Crippen LogP contribution in [0.1, 0.15) is 27.6 Å². The summed E-state index contributed by atoms with van der Waals surface area (Å²) in [6.45, 7) is 1.52. The van der Waals surface area contributed by atoms with Crippen LogP contribution in [0.15, 0.2) is 77.7 Å². The fourth-order valence-corrected chi connectivity index (χ4v) is 3.34. The summed E-state index contributed by atoms with van der Waals surface area (Å²) < 4.78 is 0. The average Bonchev–Trinajstić information content (AvgIpc) is 2.85. The van der Waals surface area contributed by atoms with Gasteiger partial charge in [-0.15, -0.1) is 0 Å². The summed E-state index contributed by atoms with van der Waals surface area (Å²) in [6.07, 6.45) is 1.09. The Morgan fingerprint density at radius 2 is 1.62 bits per heavy atom. The highest BCUT2D eigenvalue weighted by Crippen LogP contribution is 2.19. The first-order valence-corrected chi connectivity index (χ1v) is 10.4. The van der Waals surface area contributed by atoms with Gasteiger partial charge in [-0.25, -0.2) is 9.78 Å². The Morgan fingerprint density at radius 3 is 2.29 bits per heavy atom. The lowest BCUT2D eigenvalue weighted by molar-refractivity contribution is -0.117. The normalized spacial score (nSPS) is 11.6. The number of aromatic amines is 1. The molecule has 0 fully saturated rings. The summed E-state index contributed by atoms with van der Waals surface area (Å²) in [5, 5.41) is 14.3. The number of rotatable bonds is 6. The second-order valence-corrected chi connectivity index (χ2v) is 7.56. The van der Waals surface area contributed by atoms with Crippen LogP contribution in [0.2, 0.25) is 0 Å². The number of aromatic nitrogens is 2. The number of aromatic carboxylic acids is 1. The lowest BCUT2D eigenvalue weighted by atomic mass is 10.0. The zero-order valence-electron chi connectivity index (χ0n) is 18.0. The van der Waals surface area contributed by atoms with Gasteiger partial charge in [0, 0.05) is 11.8 Å². The van der Waals surface area contributed by atoms with E-state index in [1.165, 1.54) is 19.1 Å². The average molecular weight is 456 g/mol. The van der Waals surface area contributed by atoms with Crippen molar-refractivity contribution in [3.63, 3.8) is 0 Å². The Bertz CT molecular complexity index is 1450. The largest absolute Gasteiger partial charge is 0.477 e. The SMILES string of the molecule is C[C@H](NC(=O)c1ccc(-c2ccccc2)cc1)C(=O)Nc1ccc2[nH]cc(C(=O)O)c(=O)c2n1. The van der Waals surface area contributed by atoms with E-state index in [1.807, 2.05) is 42.5 Å². The van der Waals surface area contributed by atoms with Gasteiger partial charge in [-0.05, 0) is 42.3 Å². The number of anilines is 1. The zero-order valence-corrected chi connectivity index (χ0v) is 18.0. The highest BCUT2D eigenvalue weighted by Gasteiger charge is 2.18. The van der Waals surface area contributed by atoms with Crippen molar-refractivity contribution in [2.24, 2.45) is 0 Å². The monoisotopic (exact) mass is 456 g/mol. The van der Waals surface area contributed by atoms with Gasteiger partial charge in [0.05, 0.1) is 5.52 Å². The predicted octanol–water partition coefficient (Wildman–Crippen LogP) is 3.05. The minimum atomic E-state index is -1.38.